The van der Waals surface area contributed by atoms with E-state index in [1.807, 2.05) is 24.8 Å². The fraction of sp³-hybridized carbons (Fsp3) is 0.562. The number of fused-ring (bicyclic) bond motifs is 1. The molecule has 9 heteroatoms. The number of amides is 3. The molecular weight excluding hydrogens is 322 g/mol. The molecule has 4 heterocycles. The Morgan fingerprint density at radius 2 is 2.12 bits per heavy atom. The van der Waals surface area contributed by atoms with Gasteiger partial charge < -0.3 is 15.1 Å². The van der Waals surface area contributed by atoms with Crippen molar-refractivity contribution in [2.24, 2.45) is 0 Å². The van der Waals surface area contributed by atoms with Gasteiger partial charge >= 0.3 is 6.03 Å². The van der Waals surface area contributed by atoms with Crippen LogP contribution in [0.2, 0.25) is 0 Å². The van der Waals surface area contributed by atoms with Crippen molar-refractivity contribution in [3.05, 3.63) is 23.3 Å². The van der Waals surface area contributed by atoms with E-state index < -0.39 is 0 Å². The molecule has 0 radical (unpaired) electrons. The van der Waals surface area contributed by atoms with Crippen LogP contribution >= 0.6 is 0 Å². The van der Waals surface area contributed by atoms with Gasteiger partial charge in [0.25, 0.3) is 11.7 Å². The van der Waals surface area contributed by atoms with Crippen LogP contribution < -0.4 is 5.32 Å². The van der Waals surface area contributed by atoms with E-state index in [9.17, 15) is 9.59 Å². The zero-order valence-electron chi connectivity index (χ0n) is 14.4. The molecule has 0 saturated carbocycles. The van der Waals surface area contributed by atoms with Gasteiger partial charge in [-0.3, -0.25) is 4.79 Å². The Kier molecular flexibility index (Phi) is 3.78. The first kappa shape index (κ1) is 15.8. The van der Waals surface area contributed by atoms with Crippen molar-refractivity contribution < 1.29 is 9.59 Å². The quantitative estimate of drug-likeness (QED) is 0.850. The summed E-state index contributed by atoms with van der Waals surface area (Å²) in [6, 6.07) is 1.92. The number of hydrogen-bond donors (Lipinski definition) is 1. The maximum absolute atomic E-state index is 12.8. The molecule has 9 nitrogen and oxygen atoms in total. The second-order valence-electron chi connectivity index (χ2n) is 6.66. The summed E-state index contributed by atoms with van der Waals surface area (Å²) in [5, 5.41) is 7.14. The van der Waals surface area contributed by atoms with E-state index in [4.69, 9.17) is 0 Å². The molecule has 25 heavy (non-hydrogen) atoms. The molecule has 2 aromatic heterocycles. The average molecular weight is 343 g/mol. The van der Waals surface area contributed by atoms with Crippen molar-refractivity contribution in [3.63, 3.8) is 0 Å². The fourth-order valence-electron chi connectivity index (χ4n) is 3.63. The maximum Gasteiger partial charge on any atom is 0.317 e. The van der Waals surface area contributed by atoms with Crippen LogP contribution in [-0.4, -0.2) is 73.5 Å². The average Bonchev–Trinajstić information content (AvgIpc) is 3.20. The minimum absolute atomic E-state index is 0.0412. The topological polar surface area (TPSA) is 95.7 Å². The Morgan fingerprint density at radius 3 is 2.88 bits per heavy atom. The monoisotopic (exact) mass is 343 g/mol. The Labute approximate surface area is 145 Å². The summed E-state index contributed by atoms with van der Waals surface area (Å²) in [7, 11) is 0. The largest absolute Gasteiger partial charge is 0.336 e. The number of carbonyl (C=O) groups excluding carboxylic acids is 2. The first-order chi connectivity index (χ1) is 12.0. The number of aryl methyl sites for hydroxylation is 2. The molecule has 2 saturated heterocycles. The molecule has 1 N–H and O–H groups in total. The lowest BCUT2D eigenvalue weighted by molar-refractivity contribution is 0.0623. The van der Waals surface area contributed by atoms with E-state index in [1.54, 1.807) is 9.42 Å². The number of nitrogens with one attached hydrogen (secondary N) is 1. The zero-order valence-corrected chi connectivity index (χ0v) is 14.4. The molecule has 3 amide bonds. The fourth-order valence-corrected chi connectivity index (χ4v) is 3.63. The molecule has 4 rings (SSSR count). The van der Waals surface area contributed by atoms with Crippen LogP contribution in [0.25, 0.3) is 5.78 Å². The van der Waals surface area contributed by atoms with Crippen LogP contribution in [0.1, 0.15) is 34.8 Å². The highest BCUT2D eigenvalue weighted by Gasteiger charge is 2.34. The van der Waals surface area contributed by atoms with Crippen LogP contribution in [0.5, 0.6) is 0 Å². The zero-order chi connectivity index (χ0) is 17.6. The molecule has 2 aromatic rings. The minimum Gasteiger partial charge on any atom is -0.336 e. The van der Waals surface area contributed by atoms with Crippen LogP contribution in [0.4, 0.5) is 4.79 Å². The smallest absolute Gasteiger partial charge is 0.317 e. The first-order valence-corrected chi connectivity index (χ1v) is 8.57. The Balaban J connectivity index is 1.56. The van der Waals surface area contributed by atoms with E-state index in [0.717, 1.165) is 24.2 Å². The van der Waals surface area contributed by atoms with Gasteiger partial charge in [0, 0.05) is 37.6 Å². The van der Waals surface area contributed by atoms with Crippen molar-refractivity contribution in [3.8, 4) is 0 Å². The molecule has 0 unspecified atom stereocenters. The van der Waals surface area contributed by atoms with Gasteiger partial charge in [0.05, 0.1) is 6.04 Å². The number of piperidine rings is 1. The normalized spacial score (nSPS) is 21.0. The number of nitrogens with zero attached hydrogens (tertiary/aromatic N) is 6. The summed E-state index contributed by atoms with van der Waals surface area (Å²) in [5.74, 6) is 0.396. The van der Waals surface area contributed by atoms with Crippen LogP contribution in [0.15, 0.2) is 6.07 Å². The van der Waals surface area contributed by atoms with Gasteiger partial charge in [-0.15, -0.1) is 5.10 Å². The Morgan fingerprint density at radius 1 is 1.28 bits per heavy atom. The number of urea groups is 1. The Bertz CT molecular complexity index is 846. The highest BCUT2D eigenvalue weighted by molar-refractivity contribution is 5.91. The second kappa shape index (κ2) is 5.98. The summed E-state index contributed by atoms with van der Waals surface area (Å²) >= 11 is 0. The minimum atomic E-state index is -0.202. The predicted octanol–water partition coefficient (Wildman–Crippen LogP) is 0.371. The van der Waals surface area contributed by atoms with Crippen molar-refractivity contribution in [1.29, 1.82) is 0 Å². The SMILES string of the molecule is Cc1cc(C)n2nc(C(=O)N3CCC[C@H](N4CCNC4=O)C3)nc2n1. The maximum atomic E-state index is 12.8. The lowest BCUT2D eigenvalue weighted by Gasteiger charge is -2.36. The molecule has 2 fully saturated rings. The summed E-state index contributed by atoms with van der Waals surface area (Å²) in [5.41, 5.74) is 1.73. The standard InChI is InChI=1S/C16H21N7O2/c1-10-8-11(2)23-15(18-10)19-13(20-23)14(24)21-6-3-4-12(9-21)22-7-5-17-16(22)25/h8,12H,3-7,9H2,1-2H3,(H,17,25)/t12-/m0/s1. The van der Waals surface area contributed by atoms with Crippen molar-refractivity contribution in [2.45, 2.75) is 32.7 Å². The van der Waals surface area contributed by atoms with Crippen LogP contribution in [0, 0.1) is 13.8 Å². The van der Waals surface area contributed by atoms with E-state index in [2.05, 4.69) is 20.4 Å². The summed E-state index contributed by atoms with van der Waals surface area (Å²) in [4.78, 5) is 36.9. The number of likely N-dealkylation sites (tertiary alicyclic amines) is 1. The summed E-state index contributed by atoms with van der Waals surface area (Å²) in [6.07, 6.45) is 1.78. The van der Waals surface area contributed by atoms with E-state index in [-0.39, 0.29) is 23.8 Å². The summed E-state index contributed by atoms with van der Waals surface area (Å²) in [6.45, 7) is 6.34. The van der Waals surface area contributed by atoms with Gasteiger partial charge in [0.1, 0.15) is 0 Å². The highest BCUT2D eigenvalue weighted by atomic mass is 16.2. The van der Waals surface area contributed by atoms with E-state index in [0.29, 0.717) is 32.0 Å². The summed E-state index contributed by atoms with van der Waals surface area (Å²) < 4.78 is 1.59. The third kappa shape index (κ3) is 2.79. The molecule has 2 aliphatic rings. The van der Waals surface area contributed by atoms with Gasteiger partial charge in [0.15, 0.2) is 0 Å². The van der Waals surface area contributed by atoms with Crippen molar-refractivity contribution >= 4 is 17.7 Å². The van der Waals surface area contributed by atoms with Gasteiger partial charge in [-0.05, 0) is 32.8 Å². The number of rotatable bonds is 2. The van der Waals surface area contributed by atoms with Gasteiger partial charge in [-0.2, -0.15) is 4.98 Å². The van der Waals surface area contributed by atoms with E-state index in [1.165, 1.54) is 0 Å². The van der Waals surface area contributed by atoms with Crippen LogP contribution in [-0.2, 0) is 0 Å². The first-order valence-electron chi connectivity index (χ1n) is 8.57. The van der Waals surface area contributed by atoms with Gasteiger partial charge in [-0.25, -0.2) is 14.3 Å². The molecule has 0 aliphatic carbocycles. The number of carbonyl (C=O) groups is 2. The van der Waals surface area contributed by atoms with Crippen molar-refractivity contribution in [2.75, 3.05) is 26.2 Å². The number of aromatic nitrogens is 4. The predicted molar refractivity (Wildman–Crippen MR) is 89.3 cm³/mol. The highest BCUT2D eigenvalue weighted by Crippen LogP contribution is 2.19. The molecule has 0 spiro atoms. The van der Waals surface area contributed by atoms with Gasteiger partial charge in [-0.1, -0.05) is 0 Å². The molecule has 2 aliphatic heterocycles. The lowest BCUT2D eigenvalue weighted by Crippen LogP contribution is -2.50. The van der Waals surface area contributed by atoms with E-state index >= 15 is 0 Å². The third-order valence-corrected chi connectivity index (χ3v) is 4.82. The molecule has 1 atom stereocenters. The second-order valence-corrected chi connectivity index (χ2v) is 6.66. The molecule has 132 valence electrons. The lowest BCUT2D eigenvalue weighted by atomic mass is 10.0. The van der Waals surface area contributed by atoms with Crippen LogP contribution in [0.3, 0.4) is 0 Å². The molecule has 0 bridgehead atoms. The van der Waals surface area contributed by atoms with Crippen molar-refractivity contribution in [1.82, 2.24) is 34.7 Å². The van der Waals surface area contributed by atoms with Gasteiger partial charge in [0.2, 0.25) is 5.82 Å². The number of hydrogen-bond acceptors (Lipinski definition) is 5. The third-order valence-electron chi connectivity index (χ3n) is 4.82. The Hall–Kier alpha value is -2.71. The molecule has 0 aromatic carbocycles. The molecular formula is C16H21N7O2.